The lowest BCUT2D eigenvalue weighted by Gasteiger charge is -2.40. The van der Waals surface area contributed by atoms with Crippen LogP contribution in [0.5, 0.6) is 0 Å². The maximum atomic E-state index is 13.3. The third-order valence-corrected chi connectivity index (χ3v) is 7.16. The second-order valence-corrected chi connectivity index (χ2v) is 9.67. The van der Waals surface area contributed by atoms with E-state index >= 15 is 0 Å². The van der Waals surface area contributed by atoms with Crippen LogP contribution < -0.4 is 20.4 Å². The number of anilines is 4. The molecule has 6 rings (SSSR count). The fraction of sp³-hybridized carbons (Fsp3) is 0.385. The Morgan fingerprint density at radius 1 is 1.11 bits per heavy atom. The van der Waals surface area contributed by atoms with Crippen LogP contribution >= 0.6 is 0 Å². The van der Waals surface area contributed by atoms with Gasteiger partial charge in [-0.1, -0.05) is 30.3 Å². The number of hydrogen-bond acceptors (Lipinski definition) is 7. The van der Waals surface area contributed by atoms with Gasteiger partial charge >= 0.3 is 6.03 Å². The van der Waals surface area contributed by atoms with E-state index in [0.29, 0.717) is 36.2 Å². The van der Waals surface area contributed by atoms with Gasteiger partial charge in [-0.15, -0.1) is 0 Å². The highest BCUT2D eigenvalue weighted by Gasteiger charge is 2.43. The number of piperazine rings is 1. The van der Waals surface area contributed by atoms with Crippen molar-refractivity contribution < 1.29 is 4.79 Å². The number of carbonyl (C=O) groups excluding carboxylic acids is 1. The van der Waals surface area contributed by atoms with E-state index in [4.69, 9.17) is 4.98 Å². The van der Waals surface area contributed by atoms with Crippen molar-refractivity contribution in [2.75, 3.05) is 46.6 Å². The summed E-state index contributed by atoms with van der Waals surface area (Å²) in [4.78, 5) is 33.1. The molecule has 4 heterocycles. The zero-order valence-electron chi connectivity index (χ0n) is 19.8. The van der Waals surface area contributed by atoms with Crippen molar-refractivity contribution in [2.24, 2.45) is 5.92 Å². The fourth-order valence-corrected chi connectivity index (χ4v) is 5.06. The number of carbonyl (C=O) groups is 1. The monoisotopic (exact) mass is 470 g/mol. The Bertz CT molecular complexity index is 1190. The first-order chi connectivity index (χ1) is 17.1. The Hall–Kier alpha value is -3.72. The molecule has 180 valence electrons. The van der Waals surface area contributed by atoms with Crippen LogP contribution in [-0.4, -0.2) is 64.1 Å². The standard InChI is InChI=1S/C26H30N8O/c1-18-15-33(12-11-32(18)16-19-5-3-2-4-6-19)24-8-7-21-25(31-24)34(17-20-13-22(20)29-21)26(35)30-23-14-27-9-10-28-23/h2-10,14,18,20,22,29H,11-13,15-17H2,1H3,(H,28,30,35). The number of amides is 2. The summed E-state index contributed by atoms with van der Waals surface area (Å²) >= 11 is 0. The lowest BCUT2D eigenvalue weighted by molar-refractivity contribution is 0.180. The number of aromatic nitrogens is 3. The Morgan fingerprint density at radius 2 is 2.00 bits per heavy atom. The molecular weight excluding hydrogens is 440 g/mol. The second kappa shape index (κ2) is 9.14. The van der Waals surface area contributed by atoms with E-state index in [-0.39, 0.29) is 6.03 Å². The lowest BCUT2D eigenvalue weighted by Crippen LogP contribution is -2.51. The van der Waals surface area contributed by atoms with Crippen LogP contribution in [0.1, 0.15) is 18.9 Å². The van der Waals surface area contributed by atoms with Gasteiger partial charge in [-0.3, -0.25) is 20.1 Å². The van der Waals surface area contributed by atoms with E-state index in [1.165, 1.54) is 5.56 Å². The van der Waals surface area contributed by atoms with Crippen LogP contribution in [0.3, 0.4) is 0 Å². The van der Waals surface area contributed by atoms with Crippen molar-refractivity contribution in [1.82, 2.24) is 19.9 Å². The van der Waals surface area contributed by atoms with Crippen molar-refractivity contribution >= 4 is 29.2 Å². The molecule has 1 saturated heterocycles. The van der Waals surface area contributed by atoms with E-state index < -0.39 is 0 Å². The molecule has 2 amide bonds. The molecule has 0 spiro atoms. The predicted octanol–water partition coefficient (Wildman–Crippen LogP) is 3.43. The van der Waals surface area contributed by atoms with Crippen molar-refractivity contribution in [3.8, 4) is 0 Å². The summed E-state index contributed by atoms with van der Waals surface area (Å²) in [6, 6.07) is 15.3. The maximum Gasteiger partial charge on any atom is 0.328 e. The van der Waals surface area contributed by atoms with E-state index in [9.17, 15) is 4.79 Å². The van der Waals surface area contributed by atoms with Crippen LogP contribution in [0.2, 0.25) is 0 Å². The molecule has 1 aliphatic carbocycles. The van der Waals surface area contributed by atoms with Gasteiger partial charge in [0.1, 0.15) is 5.82 Å². The molecule has 1 aromatic carbocycles. The molecular formula is C26H30N8O. The molecule has 1 saturated carbocycles. The molecule has 2 N–H and O–H groups in total. The number of urea groups is 1. The fourth-order valence-electron chi connectivity index (χ4n) is 5.06. The molecule has 0 bridgehead atoms. The van der Waals surface area contributed by atoms with Crippen molar-refractivity contribution in [3.05, 3.63) is 66.6 Å². The van der Waals surface area contributed by atoms with Crippen LogP contribution in [0.15, 0.2) is 61.1 Å². The summed E-state index contributed by atoms with van der Waals surface area (Å²) in [5.41, 5.74) is 2.24. The highest BCUT2D eigenvalue weighted by molar-refractivity contribution is 6.03. The Kier molecular flexibility index (Phi) is 5.69. The molecule has 35 heavy (non-hydrogen) atoms. The minimum Gasteiger partial charge on any atom is -0.379 e. The first-order valence-electron chi connectivity index (χ1n) is 12.3. The molecule has 2 aromatic heterocycles. The maximum absolute atomic E-state index is 13.3. The first kappa shape index (κ1) is 21.8. The molecule has 3 aliphatic rings. The molecule has 2 aliphatic heterocycles. The minimum atomic E-state index is -0.230. The topological polar surface area (TPSA) is 89.5 Å². The number of pyridine rings is 1. The van der Waals surface area contributed by atoms with Gasteiger partial charge in [0.15, 0.2) is 11.6 Å². The van der Waals surface area contributed by atoms with Gasteiger partial charge in [0.05, 0.1) is 11.9 Å². The number of hydrogen-bond donors (Lipinski definition) is 2. The molecule has 9 heteroatoms. The number of benzene rings is 1. The minimum absolute atomic E-state index is 0.230. The van der Waals surface area contributed by atoms with E-state index in [1.807, 2.05) is 0 Å². The third-order valence-electron chi connectivity index (χ3n) is 7.16. The van der Waals surface area contributed by atoms with Gasteiger partial charge < -0.3 is 10.2 Å². The molecule has 0 radical (unpaired) electrons. The average Bonchev–Trinajstić information content (AvgIpc) is 3.64. The molecule has 3 atom stereocenters. The number of rotatable bonds is 4. The van der Waals surface area contributed by atoms with Crippen LogP contribution in [0, 0.1) is 5.92 Å². The highest BCUT2D eigenvalue weighted by atomic mass is 16.2. The van der Waals surface area contributed by atoms with Gasteiger partial charge in [-0.2, -0.15) is 0 Å². The third kappa shape index (κ3) is 4.64. The van der Waals surface area contributed by atoms with Gasteiger partial charge in [0.25, 0.3) is 0 Å². The quantitative estimate of drug-likeness (QED) is 0.604. The number of nitrogens with zero attached hydrogens (tertiary/aromatic N) is 6. The van der Waals surface area contributed by atoms with Crippen molar-refractivity contribution in [1.29, 1.82) is 0 Å². The lowest BCUT2D eigenvalue weighted by atomic mass is 10.1. The van der Waals surface area contributed by atoms with Crippen LogP contribution in [0.25, 0.3) is 0 Å². The zero-order valence-corrected chi connectivity index (χ0v) is 19.8. The Morgan fingerprint density at radius 3 is 2.80 bits per heavy atom. The Balaban J connectivity index is 1.20. The molecule has 2 fully saturated rings. The molecule has 3 aromatic rings. The highest BCUT2D eigenvalue weighted by Crippen LogP contribution is 2.42. The van der Waals surface area contributed by atoms with E-state index in [0.717, 1.165) is 44.1 Å². The summed E-state index contributed by atoms with van der Waals surface area (Å²) in [6.07, 6.45) is 5.77. The van der Waals surface area contributed by atoms with Crippen LogP contribution in [0.4, 0.5) is 27.9 Å². The first-order valence-corrected chi connectivity index (χ1v) is 12.3. The van der Waals surface area contributed by atoms with Crippen molar-refractivity contribution in [3.63, 3.8) is 0 Å². The number of nitrogens with one attached hydrogen (secondary N) is 2. The Labute approximate surface area is 205 Å². The smallest absolute Gasteiger partial charge is 0.328 e. The normalized spacial score (nSPS) is 23.5. The summed E-state index contributed by atoms with van der Waals surface area (Å²) in [5.74, 6) is 2.45. The zero-order chi connectivity index (χ0) is 23.8. The molecule has 9 nitrogen and oxygen atoms in total. The summed E-state index contributed by atoms with van der Waals surface area (Å²) < 4.78 is 0. The summed E-state index contributed by atoms with van der Waals surface area (Å²) in [6.45, 7) is 6.61. The molecule has 3 unspecified atom stereocenters. The van der Waals surface area contributed by atoms with Gasteiger partial charge in [-0.05, 0) is 37.0 Å². The average molecular weight is 471 g/mol. The van der Waals surface area contributed by atoms with E-state index in [1.54, 1.807) is 23.5 Å². The van der Waals surface area contributed by atoms with Crippen molar-refractivity contribution in [2.45, 2.75) is 32.0 Å². The second-order valence-electron chi connectivity index (χ2n) is 9.67. The SMILES string of the molecule is CC1CN(c2ccc3c(n2)N(C(=O)Nc2cnccn2)CC2CC2N3)CCN1Cc1ccccc1. The van der Waals surface area contributed by atoms with Gasteiger partial charge in [0.2, 0.25) is 0 Å². The van der Waals surface area contributed by atoms with Crippen LogP contribution in [-0.2, 0) is 6.54 Å². The summed E-state index contributed by atoms with van der Waals surface area (Å²) in [5, 5.41) is 6.46. The van der Waals surface area contributed by atoms with Gasteiger partial charge in [-0.25, -0.2) is 14.8 Å². The predicted molar refractivity (Wildman–Crippen MR) is 137 cm³/mol. The van der Waals surface area contributed by atoms with E-state index in [2.05, 4.69) is 79.8 Å². The van der Waals surface area contributed by atoms with Gasteiger partial charge in [0, 0.05) is 57.2 Å². The number of fused-ring (bicyclic) bond motifs is 2. The summed E-state index contributed by atoms with van der Waals surface area (Å²) in [7, 11) is 0. The largest absolute Gasteiger partial charge is 0.379 e.